The van der Waals surface area contributed by atoms with Gasteiger partial charge >= 0.3 is 6.09 Å². The average Bonchev–Trinajstić information content (AvgIpc) is 2.75. The summed E-state index contributed by atoms with van der Waals surface area (Å²) in [6.07, 6.45) is 4.09. The van der Waals surface area contributed by atoms with Gasteiger partial charge in [-0.25, -0.2) is 14.8 Å². The maximum Gasteiger partial charge on any atom is 0.407 e. The Morgan fingerprint density at radius 2 is 2.28 bits per heavy atom. The molecule has 1 aromatic rings. The molecule has 0 spiro atoms. The number of halogens is 1. The van der Waals surface area contributed by atoms with E-state index in [2.05, 4.69) is 31.2 Å². The maximum absolute atomic E-state index is 11.1. The monoisotopic (exact) mass is 314 g/mol. The van der Waals surface area contributed by atoms with Gasteiger partial charge in [0, 0.05) is 31.0 Å². The molecule has 1 aliphatic rings. The lowest BCUT2D eigenvalue weighted by molar-refractivity contribution is 0.139. The van der Waals surface area contributed by atoms with Gasteiger partial charge < -0.3 is 15.3 Å². The molecular weight excluding hydrogens is 300 g/mol. The average molecular weight is 315 g/mol. The molecule has 18 heavy (non-hydrogen) atoms. The summed E-state index contributed by atoms with van der Waals surface area (Å²) < 4.78 is 0.818. The first kappa shape index (κ1) is 13.1. The second-order valence-electron chi connectivity index (χ2n) is 4.30. The van der Waals surface area contributed by atoms with Crippen LogP contribution >= 0.6 is 15.9 Å². The summed E-state index contributed by atoms with van der Waals surface area (Å²) in [5, 5.41) is 12.3. The predicted octanol–water partition coefficient (Wildman–Crippen LogP) is 2.18. The minimum Gasteiger partial charge on any atom is -0.465 e. The lowest BCUT2D eigenvalue weighted by atomic mass is 10.1. The summed E-state index contributed by atoms with van der Waals surface area (Å²) in [5.74, 6) is 0.533. The Kier molecular flexibility index (Phi) is 4.00. The van der Waals surface area contributed by atoms with Gasteiger partial charge in [0.2, 0.25) is 5.95 Å². The smallest absolute Gasteiger partial charge is 0.407 e. The van der Waals surface area contributed by atoms with Gasteiger partial charge in [0.05, 0.1) is 4.47 Å². The molecule has 1 aliphatic heterocycles. The van der Waals surface area contributed by atoms with Crippen molar-refractivity contribution in [1.29, 1.82) is 0 Å². The number of anilines is 1. The van der Waals surface area contributed by atoms with Gasteiger partial charge in [-0.15, -0.1) is 0 Å². The third-order valence-electron chi connectivity index (χ3n) is 3.08. The first-order valence-electron chi connectivity index (χ1n) is 5.83. The molecule has 2 rings (SSSR count). The number of nitrogens with zero attached hydrogens (tertiary/aromatic N) is 3. The van der Waals surface area contributed by atoms with Crippen LogP contribution in [0.1, 0.15) is 19.8 Å². The molecule has 2 atom stereocenters. The van der Waals surface area contributed by atoms with Crippen molar-refractivity contribution < 1.29 is 9.90 Å². The lowest BCUT2D eigenvalue weighted by Crippen LogP contribution is -2.35. The first-order valence-corrected chi connectivity index (χ1v) is 6.63. The third-order valence-corrected chi connectivity index (χ3v) is 3.49. The zero-order valence-corrected chi connectivity index (χ0v) is 11.6. The predicted molar refractivity (Wildman–Crippen MR) is 70.6 cm³/mol. The largest absolute Gasteiger partial charge is 0.465 e. The van der Waals surface area contributed by atoms with Gasteiger partial charge in [-0.3, -0.25) is 0 Å². The number of carbonyl (C=O) groups is 1. The highest BCUT2D eigenvalue weighted by molar-refractivity contribution is 9.10. The molecule has 2 N–H and O–H groups in total. The van der Waals surface area contributed by atoms with Crippen LogP contribution in [-0.2, 0) is 0 Å². The Morgan fingerprint density at radius 3 is 2.78 bits per heavy atom. The van der Waals surface area contributed by atoms with Crippen molar-refractivity contribution in [2.45, 2.75) is 31.8 Å². The number of aromatic nitrogens is 2. The minimum atomic E-state index is -0.858. The fourth-order valence-electron chi connectivity index (χ4n) is 2.21. The van der Waals surface area contributed by atoms with E-state index in [-0.39, 0.29) is 12.1 Å². The van der Waals surface area contributed by atoms with Crippen LogP contribution in [-0.4, -0.2) is 44.7 Å². The van der Waals surface area contributed by atoms with Crippen LogP contribution in [0.3, 0.4) is 0 Å². The Labute approximate surface area is 114 Å². The molecule has 0 bridgehead atoms. The molecule has 1 saturated heterocycles. The number of hydrogen-bond acceptors (Lipinski definition) is 4. The highest BCUT2D eigenvalue weighted by Gasteiger charge is 2.34. The van der Waals surface area contributed by atoms with Crippen molar-refractivity contribution in [3.8, 4) is 0 Å². The zero-order chi connectivity index (χ0) is 13.1. The number of hydrogen-bond donors (Lipinski definition) is 2. The van der Waals surface area contributed by atoms with E-state index < -0.39 is 6.09 Å². The summed E-state index contributed by atoms with van der Waals surface area (Å²) in [7, 11) is 0. The van der Waals surface area contributed by atoms with Gasteiger partial charge in [-0.05, 0) is 28.8 Å². The molecule has 98 valence electrons. The van der Waals surface area contributed by atoms with E-state index in [0.717, 1.165) is 17.3 Å². The van der Waals surface area contributed by atoms with Crippen molar-refractivity contribution >= 4 is 28.0 Å². The van der Waals surface area contributed by atoms with Gasteiger partial charge in [0.15, 0.2) is 0 Å². The zero-order valence-electron chi connectivity index (χ0n) is 10.0. The summed E-state index contributed by atoms with van der Waals surface area (Å²) in [6.45, 7) is 2.48. The molecule has 0 saturated carbocycles. The van der Waals surface area contributed by atoms with Gasteiger partial charge in [0.25, 0.3) is 0 Å². The van der Waals surface area contributed by atoms with Crippen molar-refractivity contribution in [1.82, 2.24) is 14.9 Å². The minimum absolute atomic E-state index is 0.0761. The van der Waals surface area contributed by atoms with Gasteiger partial charge in [-0.1, -0.05) is 6.92 Å². The summed E-state index contributed by atoms with van der Waals surface area (Å²) in [6, 6.07) is 0.155. The molecule has 0 aromatic carbocycles. The summed E-state index contributed by atoms with van der Waals surface area (Å²) in [4.78, 5) is 20.8. The van der Waals surface area contributed by atoms with Crippen LogP contribution in [0.5, 0.6) is 0 Å². The normalized spacial score (nSPS) is 23.1. The highest BCUT2D eigenvalue weighted by Crippen LogP contribution is 2.22. The molecule has 7 heteroatoms. The Balaban J connectivity index is 1.99. The lowest BCUT2D eigenvalue weighted by Gasteiger charge is -2.19. The SMILES string of the molecule is CCC1CC(Nc2ncc(Br)cn2)CN1C(=O)O. The highest BCUT2D eigenvalue weighted by atomic mass is 79.9. The van der Waals surface area contributed by atoms with E-state index in [1.807, 2.05) is 6.92 Å². The molecule has 2 unspecified atom stereocenters. The van der Waals surface area contributed by atoms with E-state index in [1.54, 1.807) is 12.4 Å². The number of carboxylic acid groups (broad SMARTS) is 1. The van der Waals surface area contributed by atoms with Crippen LogP contribution < -0.4 is 5.32 Å². The van der Waals surface area contributed by atoms with E-state index in [1.165, 1.54) is 4.90 Å². The van der Waals surface area contributed by atoms with Crippen LogP contribution in [0.15, 0.2) is 16.9 Å². The quantitative estimate of drug-likeness (QED) is 0.894. The van der Waals surface area contributed by atoms with E-state index >= 15 is 0 Å². The molecule has 0 radical (unpaired) electrons. The van der Waals surface area contributed by atoms with E-state index in [0.29, 0.717) is 12.5 Å². The number of nitrogens with one attached hydrogen (secondary N) is 1. The number of rotatable bonds is 3. The third kappa shape index (κ3) is 2.90. The second-order valence-corrected chi connectivity index (χ2v) is 5.21. The fourth-order valence-corrected chi connectivity index (χ4v) is 2.42. The summed E-state index contributed by atoms with van der Waals surface area (Å²) in [5.41, 5.74) is 0. The number of amides is 1. The molecular formula is C11H15BrN4O2. The van der Waals surface area contributed by atoms with Crippen molar-refractivity contribution in [3.63, 3.8) is 0 Å². The van der Waals surface area contributed by atoms with E-state index in [9.17, 15) is 4.79 Å². The molecule has 6 nitrogen and oxygen atoms in total. The van der Waals surface area contributed by atoms with Crippen LogP contribution in [0, 0.1) is 0 Å². The fraction of sp³-hybridized carbons (Fsp3) is 0.545. The van der Waals surface area contributed by atoms with E-state index in [4.69, 9.17) is 5.11 Å². The van der Waals surface area contributed by atoms with Crippen LogP contribution in [0.25, 0.3) is 0 Å². The van der Waals surface area contributed by atoms with Crippen molar-refractivity contribution in [2.75, 3.05) is 11.9 Å². The maximum atomic E-state index is 11.1. The Hall–Kier alpha value is -1.37. The molecule has 2 heterocycles. The van der Waals surface area contributed by atoms with Gasteiger partial charge in [-0.2, -0.15) is 0 Å². The van der Waals surface area contributed by atoms with Crippen LogP contribution in [0.2, 0.25) is 0 Å². The first-order chi connectivity index (χ1) is 8.60. The van der Waals surface area contributed by atoms with Crippen molar-refractivity contribution in [2.24, 2.45) is 0 Å². The topological polar surface area (TPSA) is 78.4 Å². The number of likely N-dealkylation sites (tertiary alicyclic amines) is 1. The van der Waals surface area contributed by atoms with Gasteiger partial charge in [0.1, 0.15) is 0 Å². The molecule has 1 fully saturated rings. The van der Waals surface area contributed by atoms with Crippen molar-refractivity contribution in [3.05, 3.63) is 16.9 Å². The van der Waals surface area contributed by atoms with Crippen LogP contribution in [0.4, 0.5) is 10.7 Å². The Bertz CT molecular complexity index is 426. The standard InChI is InChI=1S/C11H15BrN4O2/c1-2-9-3-8(6-16(9)11(17)18)15-10-13-4-7(12)5-14-10/h4-5,8-9H,2-3,6H2,1H3,(H,17,18)(H,13,14,15). The molecule has 0 aliphatic carbocycles. The summed E-state index contributed by atoms with van der Waals surface area (Å²) >= 11 is 3.27. The Morgan fingerprint density at radius 1 is 1.61 bits per heavy atom. The molecule has 1 amide bonds. The molecule has 1 aromatic heterocycles. The second kappa shape index (κ2) is 5.51.